The summed E-state index contributed by atoms with van der Waals surface area (Å²) in [6.45, 7) is -0.937. The first-order valence-corrected chi connectivity index (χ1v) is 3.61. The first kappa shape index (κ1) is 9.85. The van der Waals surface area contributed by atoms with Crippen LogP contribution >= 0.6 is 0 Å². The Morgan fingerprint density at radius 1 is 1.31 bits per heavy atom. The van der Waals surface area contributed by atoms with Crippen LogP contribution in [0.1, 0.15) is 5.56 Å². The predicted octanol–water partition coefficient (Wildman–Crippen LogP) is 1.46. The third-order valence-electron chi connectivity index (χ3n) is 1.68. The second-order valence-electron chi connectivity index (χ2n) is 2.62. The molecule has 2 nitrogen and oxygen atoms in total. The lowest BCUT2D eigenvalue weighted by Crippen LogP contribution is -2.26. The van der Waals surface area contributed by atoms with Gasteiger partial charge >= 0.3 is 0 Å². The number of nitrogens with two attached hydrogens (primary N) is 2. The topological polar surface area (TPSA) is 52.0 Å². The van der Waals surface area contributed by atoms with E-state index in [1.807, 2.05) is 0 Å². The Kier molecular flexibility index (Phi) is 2.47. The first-order valence-electron chi connectivity index (χ1n) is 3.61. The van der Waals surface area contributed by atoms with E-state index >= 15 is 0 Å². The van der Waals surface area contributed by atoms with Crippen LogP contribution in [0.2, 0.25) is 0 Å². The van der Waals surface area contributed by atoms with Crippen molar-refractivity contribution >= 4 is 5.69 Å². The zero-order valence-corrected chi connectivity index (χ0v) is 6.73. The summed E-state index contributed by atoms with van der Waals surface area (Å²) in [6, 6.07) is 3.45. The summed E-state index contributed by atoms with van der Waals surface area (Å²) in [5.74, 6) is -4.46. The average molecular weight is 190 g/mol. The molecule has 0 aliphatic rings. The van der Waals surface area contributed by atoms with E-state index in [0.29, 0.717) is 0 Å². The number of anilines is 1. The Bertz CT molecular complexity index is 312. The molecule has 0 unspecified atom stereocenters. The highest BCUT2D eigenvalue weighted by atomic mass is 19.3. The van der Waals surface area contributed by atoms with Crippen LogP contribution in [0.4, 0.5) is 18.9 Å². The summed E-state index contributed by atoms with van der Waals surface area (Å²) >= 11 is 0. The van der Waals surface area contributed by atoms with Gasteiger partial charge in [0.1, 0.15) is 0 Å². The van der Waals surface area contributed by atoms with Gasteiger partial charge in [0.05, 0.1) is 17.8 Å². The molecule has 0 aliphatic carbocycles. The SMILES string of the molecule is NCC(F)(F)c1cccc(N)c1F. The molecule has 0 aliphatic heterocycles. The average Bonchev–Trinajstić information content (AvgIpc) is 2.09. The molecule has 0 radical (unpaired) electrons. The number of hydrogen-bond acceptors (Lipinski definition) is 2. The van der Waals surface area contributed by atoms with Gasteiger partial charge in [-0.1, -0.05) is 6.07 Å². The summed E-state index contributed by atoms with van der Waals surface area (Å²) < 4.78 is 38.8. The fourth-order valence-corrected chi connectivity index (χ4v) is 0.942. The predicted molar refractivity (Wildman–Crippen MR) is 43.8 cm³/mol. The van der Waals surface area contributed by atoms with Crippen LogP contribution in [-0.2, 0) is 5.92 Å². The number of rotatable bonds is 2. The van der Waals surface area contributed by atoms with E-state index in [1.165, 1.54) is 12.1 Å². The lowest BCUT2D eigenvalue weighted by Gasteiger charge is -2.15. The number of hydrogen-bond donors (Lipinski definition) is 2. The van der Waals surface area contributed by atoms with Gasteiger partial charge in [0.2, 0.25) is 0 Å². The number of alkyl halides is 2. The third kappa shape index (κ3) is 1.75. The molecule has 0 saturated heterocycles. The highest BCUT2D eigenvalue weighted by molar-refractivity contribution is 5.44. The van der Waals surface area contributed by atoms with Crippen LogP contribution in [0.25, 0.3) is 0 Å². The Labute approximate surface area is 73.3 Å². The van der Waals surface area contributed by atoms with Gasteiger partial charge in [0.25, 0.3) is 5.92 Å². The van der Waals surface area contributed by atoms with Crippen LogP contribution in [0.15, 0.2) is 18.2 Å². The molecule has 1 aromatic rings. The smallest absolute Gasteiger partial charge is 0.288 e. The van der Waals surface area contributed by atoms with Crippen molar-refractivity contribution in [1.29, 1.82) is 0 Å². The monoisotopic (exact) mass is 190 g/mol. The van der Waals surface area contributed by atoms with Gasteiger partial charge in [0.15, 0.2) is 5.82 Å². The van der Waals surface area contributed by atoms with Crippen molar-refractivity contribution in [3.63, 3.8) is 0 Å². The molecular formula is C8H9F3N2. The molecule has 0 aromatic heterocycles. The lowest BCUT2D eigenvalue weighted by atomic mass is 10.1. The molecule has 0 fully saturated rings. The largest absolute Gasteiger partial charge is 0.396 e. The Hall–Kier alpha value is -1.23. The molecule has 0 bridgehead atoms. The minimum atomic E-state index is -3.36. The lowest BCUT2D eigenvalue weighted by molar-refractivity contribution is 0.00251. The molecule has 72 valence electrons. The molecule has 5 heteroatoms. The molecule has 0 saturated carbocycles. The van der Waals surface area contributed by atoms with Gasteiger partial charge in [-0.15, -0.1) is 0 Å². The Balaban J connectivity index is 3.22. The van der Waals surface area contributed by atoms with E-state index in [-0.39, 0.29) is 5.69 Å². The number of halogens is 3. The standard InChI is InChI=1S/C8H9F3N2/c9-7-5(8(10,11)4-12)2-1-3-6(7)13/h1-3H,4,12-13H2. The molecule has 1 aromatic carbocycles. The normalized spacial score (nSPS) is 11.7. The van der Waals surface area contributed by atoms with Crippen molar-refractivity contribution in [2.24, 2.45) is 5.73 Å². The zero-order chi connectivity index (χ0) is 10.1. The maximum Gasteiger partial charge on any atom is 0.288 e. The van der Waals surface area contributed by atoms with Crippen molar-refractivity contribution in [1.82, 2.24) is 0 Å². The fraction of sp³-hybridized carbons (Fsp3) is 0.250. The molecule has 1 rings (SSSR count). The molecule has 0 amide bonds. The van der Waals surface area contributed by atoms with E-state index in [0.717, 1.165) is 6.07 Å². The molecule has 0 spiro atoms. The minimum Gasteiger partial charge on any atom is -0.396 e. The van der Waals surface area contributed by atoms with Gasteiger partial charge in [-0.05, 0) is 12.1 Å². The van der Waals surface area contributed by atoms with Crippen LogP contribution in [-0.4, -0.2) is 6.54 Å². The summed E-state index contributed by atoms with van der Waals surface area (Å²) in [6.07, 6.45) is 0. The van der Waals surface area contributed by atoms with Crippen LogP contribution < -0.4 is 11.5 Å². The first-order chi connectivity index (χ1) is 5.99. The molecule has 13 heavy (non-hydrogen) atoms. The Morgan fingerprint density at radius 2 is 1.92 bits per heavy atom. The maximum atomic E-state index is 13.0. The maximum absolute atomic E-state index is 13.0. The van der Waals surface area contributed by atoms with E-state index in [4.69, 9.17) is 11.5 Å². The highest BCUT2D eigenvalue weighted by Gasteiger charge is 2.33. The number of nitrogen functional groups attached to an aromatic ring is 1. The quantitative estimate of drug-likeness (QED) is 0.693. The van der Waals surface area contributed by atoms with Crippen molar-refractivity contribution < 1.29 is 13.2 Å². The van der Waals surface area contributed by atoms with Crippen molar-refractivity contribution in [2.75, 3.05) is 12.3 Å². The van der Waals surface area contributed by atoms with Crippen molar-refractivity contribution in [3.8, 4) is 0 Å². The zero-order valence-electron chi connectivity index (χ0n) is 6.73. The molecule has 4 N–H and O–H groups in total. The Morgan fingerprint density at radius 3 is 2.46 bits per heavy atom. The van der Waals surface area contributed by atoms with Crippen molar-refractivity contribution in [3.05, 3.63) is 29.6 Å². The summed E-state index contributed by atoms with van der Waals surface area (Å²) in [7, 11) is 0. The second-order valence-corrected chi connectivity index (χ2v) is 2.62. The van der Waals surface area contributed by atoms with E-state index in [2.05, 4.69) is 0 Å². The van der Waals surface area contributed by atoms with Crippen molar-refractivity contribution in [2.45, 2.75) is 5.92 Å². The van der Waals surface area contributed by atoms with Gasteiger partial charge in [0, 0.05) is 0 Å². The third-order valence-corrected chi connectivity index (χ3v) is 1.68. The van der Waals surface area contributed by atoms with Gasteiger partial charge in [-0.2, -0.15) is 8.78 Å². The molecular weight excluding hydrogens is 181 g/mol. The van der Waals surface area contributed by atoms with Gasteiger partial charge < -0.3 is 11.5 Å². The number of benzene rings is 1. The van der Waals surface area contributed by atoms with Gasteiger partial charge in [-0.25, -0.2) is 4.39 Å². The van der Waals surface area contributed by atoms with E-state index in [1.54, 1.807) is 0 Å². The fourth-order valence-electron chi connectivity index (χ4n) is 0.942. The summed E-state index contributed by atoms with van der Waals surface area (Å²) in [5, 5.41) is 0. The van der Waals surface area contributed by atoms with Gasteiger partial charge in [-0.3, -0.25) is 0 Å². The highest BCUT2D eigenvalue weighted by Crippen LogP contribution is 2.30. The van der Waals surface area contributed by atoms with Crippen LogP contribution in [0.3, 0.4) is 0 Å². The van der Waals surface area contributed by atoms with Crippen LogP contribution in [0.5, 0.6) is 0 Å². The van der Waals surface area contributed by atoms with E-state index < -0.39 is 23.8 Å². The molecule has 0 atom stereocenters. The minimum absolute atomic E-state index is 0.300. The second kappa shape index (κ2) is 3.26. The van der Waals surface area contributed by atoms with Crippen LogP contribution in [0, 0.1) is 5.82 Å². The summed E-state index contributed by atoms with van der Waals surface area (Å²) in [4.78, 5) is 0. The summed E-state index contributed by atoms with van der Waals surface area (Å²) in [5.41, 5.74) is 8.87. The van der Waals surface area contributed by atoms with E-state index in [9.17, 15) is 13.2 Å². The molecule has 0 heterocycles.